The van der Waals surface area contributed by atoms with Crippen LogP contribution in [0.2, 0.25) is 0 Å². The van der Waals surface area contributed by atoms with Gasteiger partial charge in [-0.25, -0.2) is 15.0 Å². The second-order valence-electron chi connectivity index (χ2n) is 7.47. The zero-order valence-electron chi connectivity index (χ0n) is 16.8. The van der Waals surface area contributed by atoms with Crippen LogP contribution >= 0.6 is 11.3 Å². The molecule has 10 heteroatoms. The number of hydrogen-bond acceptors (Lipinski definition) is 9. The van der Waals surface area contributed by atoms with Crippen molar-refractivity contribution in [3.63, 3.8) is 0 Å². The summed E-state index contributed by atoms with van der Waals surface area (Å²) in [5.41, 5.74) is 8.49. The molecular formula is C21H22N8OS. The number of likely N-dealkylation sites (tertiary alicyclic amines) is 1. The predicted molar refractivity (Wildman–Crippen MR) is 121 cm³/mol. The molecule has 1 aliphatic heterocycles. The van der Waals surface area contributed by atoms with Crippen LogP contribution in [0.5, 0.6) is 0 Å². The minimum atomic E-state index is 0.0974. The fraction of sp³-hybridized carbons (Fsp3) is 0.333. The summed E-state index contributed by atoms with van der Waals surface area (Å²) >= 11 is 1.77. The van der Waals surface area contributed by atoms with Gasteiger partial charge in [0.05, 0.1) is 29.3 Å². The van der Waals surface area contributed by atoms with Crippen LogP contribution < -0.4 is 11.1 Å². The third kappa shape index (κ3) is 4.32. The lowest BCUT2D eigenvalue weighted by molar-refractivity contribution is -0.122. The first-order chi connectivity index (χ1) is 15.1. The highest BCUT2D eigenvalue weighted by atomic mass is 32.1. The van der Waals surface area contributed by atoms with E-state index in [4.69, 9.17) is 16.4 Å². The number of fused-ring (bicyclic) bond motifs is 3. The maximum absolute atomic E-state index is 9.87. The van der Waals surface area contributed by atoms with Gasteiger partial charge in [0.2, 0.25) is 6.41 Å². The highest BCUT2D eigenvalue weighted by Crippen LogP contribution is 2.38. The van der Waals surface area contributed by atoms with Crippen molar-refractivity contribution in [2.24, 2.45) is 5.92 Å². The molecule has 158 valence electrons. The molecule has 31 heavy (non-hydrogen) atoms. The Morgan fingerprint density at radius 1 is 1.29 bits per heavy atom. The standard InChI is InChI=1S/C16H16N6S.C5H6N2O/c17-6-9-5-10(7-19-14(9)18)22-15-13-11-3-1-2-4-12(11)23-16(13)21-8-20-15;6-1-5-2-7(3-5)4-8/h5-8,17H,1-4H2,(H2,18,19)(H,20,21,22);4-5H,2-3H2. The number of pyridine rings is 1. The smallest absolute Gasteiger partial charge is 0.209 e. The first-order valence-corrected chi connectivity index (χ1v) is 10.8. The fourth-order valence-corrected chi connectivity index (χ4v) is 4.91. The molecule has 0 radical (unpaired) electrons. The maximum Gasteiger partial charge on any atom is 0.209 e. The summed E-state index contributed by atoms with van der Waals surface area (Å²) in [6, 6.07) is 3.87. The number of aryl methyl sites for hydroxylation is 2. The number of carbonyl (C=O) groups excluding carboxylic acids is 1. The Labute approximate surface area is 183 Å². The van der Waals surface area contributed by atoms with Crippen LogP contribution in [0.4, 0.5) is 17.3 Å². The average Bonchev–Trinajstić information content (AvgIpc) is 3.15. The molecule has 3 aromatic rings. The van der Waals surface area contributed by atoms with Crippen molar-refractivity contribution in [1.82, 2.24) is 19.9 Å². The van der Waals surface area contributed by atoms with Crippen molar-refractivity contribution in [2.45, 2.75) is 25.7 Å². The number of amides is 1. The molecule has 2 aliphatic rings. The Bertz CT molecular complexity index is 1160. The maximum atomic E-state index is 9.87. The summed E-state index contributed by atoms with van der Waals surface area (Å²) in [5, 5.41) is 20.0. The minimum Gasteiger partial charge on any atom is -0.383 e. The number of carbonyl (C=O) groups is 1. The van der Waals surface area contributed by atoms with Crippen molar-refractivity contribution in [1.29, 1.82) is 10.7 Å². The van der Waals surface area contributed by atoms with Crippen molar-refractivity contribution < 1.29 is 4.79 Å². The largest absolute Gasteiger partial charge is 0.383 e. The van der Waals surface area contributed by atoms with Crippen LogP contribution in [0.25, 0.3) is 10.2 Å². The van der Waals surface area contributed by atoms with Crippen molar-refractivity contribution in [2.75, 3.05) is 24.1 Å². The summed E-state index contributed by atoms with van der Waals surface area (Å²) in [4.78, 5) is 26.9. The molecule has 0 atom stereocenters. The van der Waals surface area contributed by atoms with Gasteiger partial charge in [-0.15, -0.1) is 11.3 Å². The zero-order valence-corrected chi connectivity index (χ0v) is 17.7. The zero-order chi connectivity index (χ0) is 21.8. The van der Waals surface area contributed by atoms with E-state index >= 15 is 0 Å². The Kier molecular flexibility index (Phi) is 6.04. The molecule has 3 aromatic heterocycles. The van der Waals surface area contributed by atoms with E-state index in [-0.39, 0.29) is 5.92 Å². The molecule has 0 bridgehead atoms. The van der Waals surface area contributed by atoms with Crippen LogP contribution in [0, 0.1) is 22.7 Å². The molecule has 4 heterocycles. The normalized spacial score (nSPS) is 15.1. The van der Waals surface area contributed by atoms with E-state index in [1.54, 1.807) is 28.8 Å². The summed E-state index contributed by atoms with van der Waals surface area (Å²) in [7, 11) is 0. The van der Waals surface area contributed by atoms with E-state index in [2.05, 4.69) is 26.3 Å². The molecule has 5 rings (SSSR count). The van der Waals surface area contributed by atoms with E-state index in [9.17, 15) is 4.79 Å². The molecule has 9 nitrogen and oxygen atoms in total. The van der Waals surface area contributed by atoms with E-state index in [0.29, 0.717) is 24.5 Å². The molecule has 4 N–H and O–H groups in total. The first kappa shape index (κ1) is 20.7. The Morgan fingerprint density at radius 2 is 2.10 bits per heavy atom. The lowest BCUT2D eigenvalue weighted by Crippen LogP contribution is -2.44. The van der Waals surface area contributed by atoms with Gasteiger partial charge in [-0.3, -0.25) is 4.79 Å². The number of hydrogen-bond donors (Lipinski definition) is 3. The topological polar surface area (TPSA) is 145 Å². The monoisotopic (exact) mass is 434 g/mol. The number of nitrogen functional groups attached to an aromatic ring is 1. The van der Waals surface area contributed by atoms with Gasteiger partial charge >= 0.3 is 0 Å². The number of thiophene rings is 1. The molecule has 0 saturated carbocycles. The number of anilines is 3. The number of nitrogens with one attached hydrogen (secondary N) is 2. The summed E-state index contributed by atoms with van der Waals surface area (Å²) < 4.78 is 0. The molecule has 1 aliphatic carbocycles. The summed E-state index contributed by atoms with van der Waals surface area (Å²) in [5.74, 6) is 1.25. The third-order valence-corrected chi connectivity index (χ3v) is 6.56. The Morgan fingerprint density at radius 3 is 2.84 bits per heavy atom. The second-order valence-corrected chi connectivity index (χ2v) is 8.55. The first-order valence-electron chi connectivity index (χ1n) is 10.00. The molecule has 1 fully saturated rings. The van der Waals surface area contributed by atoms with Crippen molar-refractivity contribution >= 4 is 51.5 Å². The number of aromatic nitrogens is 3. The lowest BCUT2D eigenvalue weighted by atomic mass is 9.97. The van der Waals surface area contributed by atoms with E-state index in [1.165, 1.54) is 29.5 Å². The Hall–Kier alpha value is -3.58. The molecule has 0 unspecified atom stereocenters. The van der Waals surface area contributed by atoms with Crippen molar-refractivity contribution in [3.05, 3.63) is 34.6 Å². The fourth-order valence-electron chi connectivity index (χ4n) is 3.68. The highest BCUT2D eigenvalue weighted by molar-refractivity contribution is 7.19. The van der Waals surface area contributed by atoms with Crippen LogP contribution in [0.3, 0.4) is 0 Å². The van der Waals surface area contributed by atoms with Gasteiger partial charge in [0, 0.05) is 29.7 Å². The van der Waals surface area contributed by atoms with Gasteiger partial charge in [0.1, 0.15) is 22.8 Å². The lowest BCUT2D eigenvalue weighted by Gasteiger charge is -2.31. The van der Waals surface area contributed by atoms with Gasteiger partial charge in [-0.1, -0.05) is 0 Å². The van der Waals surface area contributed by atoms with Crippen LogP contribution in [0.1, 0.15) is 28.8 Å². The van der Waals surface area contributed by atoms with Crippen LogP contribution in [0.15, 0.2) is 18.6 Å². The summed E-state index contributed by atoms with van der Waals surface area (Å²) in [6.07, 6.45) is 9.92. The van der Waals surface area contributed by atoms with Gasteiger partial charge in [-0.05, 0) is 37.3 Å². The molecule has 1 saturated heterocycles. The third-order valence-electron chi connectivity index (χ3n) is 5.36. The number of nitriles is 1. The number of nitrogens with two attached hydrogens (primary N) is 1. The number of nitrogens with zero attached hydrogens (tertiary/aromatic N) is 5. The SMILES string of the molecule is N#CC1CN(C=O)C1.N=Cc1cc(Nc2ncnc3sc4c(c23)CCCC4)cnc1N. The second kappa shape index (κ2) is 9.06. The minimum absolute atomic E-state index is 0.0974. The highest BCUT2D eigenvalue weighted by Gasteiger charge is 2.24. The number of rotatable bonds is 4. The van der Waals surface area contributed by atoms with Crippen LogP contribution in [-0.2, 0) is 17.6 Å². The van der Waals surface area contributed by atoms with Gasteiger partial charge in [0.25, 0.3) is 0 Å². The van der Waals surface area contributed by atoms with Gasteiger partial charge in [-0.2, -0.15) is 5.26 Å². The van der Waals surface area contributed by atoms with Crippen LogP contribution in [-0.4, -0.2) is 45.6 Å². The summed E-state index contributed by atoms with van der Waals surface area (Å²) in [6.45, 7) is 1.25. The Balaban J connectivity index is 0.000000245. The molecule has 0 spiro atoms. The van der Waals surface area contributed by atoms with E-state index in [0.717, 1.165) is 41.0 Å². The molecule has 0 aromatic carbocycles. The quantitative estimate of drug-likeness (QED) is 0.423. The predicted octanol–water partition coefficient (Wildman–Crippen LogP) is 2.89. The van der Waals surface area contributed by atoms with Gasteiger partial charge < -0.3 is 21.4 Å². The van der Waals surface area contributed by atoms with E-state index in [1.807, 2.05) is 6.07 Å². The molecule has 1 amide bonds. The van der Waals surface area contributed by atoms with E-state index < -0.39 is 0 Å². The average molecular weight is 435 g/mol. The van der Waals surface area contributed by atoms with Crippen molar-refractivity contribution in [3.8, 4) is 6.07 Å². The van der Waals surface area contributed by atoms with Gasteiger partial charge in [0.15, 0.2) is 0 Å². The molecular weight excluding hydrogens is 412 g/mol.